The van der Waals surface area contributed by atoms with Gasteiger partial charge in [0, 0.05) is 31.6 Å². The Bertz CT molecular complexity index is 1170. The Morgan fingerprint density at radius 1 is 0.775 bits per heavy atom. The van der Waals surface area contributed by atoms with Crippen LogP contribution in [-0.2, 0) is 47.7 Å². The second kappa shape index (κ2) is 16.0. The number of rotatable bonds is 16. The van der Waals surface area contributed by atoms with Crippen molar-refractivity contribution in [2.75, 3.05) is 26.4 Å². The molecule has 0 saturated carbocycles. The summed E-state index contributed by atoms with van der Waals surface area (Å²) >= 11 is 0. The Morgan fingerprint density at radius 3 is 1.68 bits per heavy atom. The van der Waals surface area contributed by atoms with Crippen molar-refractivity contribution in [1.82, 2.24) is 0 Å². The molecule has 0 fully saturated rings. The first-order valence-corrected chi connectivity index (χ1v) is 11.3. The second-order valence-electron chi connectivity index (χ2n) is 7.72. The van der Waals surface area contributed by atoms with Gasteiger partial charge in [0.2, 0.25) is 11.6 Å². The van der Waals surface area contributed by atoms with Crippen molar-refractivity contribution < 1.29 is 67.1 Å². The molecule has 14 heteroatoms. The van der Waals surface area contributed by atoms with Gasteiger partial charge in [-0.25, -0.2) is 19.2 Å². The minimum Gasteiger partial charge on any atom is -0.478 e. The maximum absolute atomic E-state index is 13.1. The van der Waals surface area contributed by atoms with Gasteiger partial charge in [0.05, 0.1) is 17.0 Å². The van der Waals surface area contributed by atoms with Crippen molar-refractivity contribution in [3.05, 3.63) is 60.2 Å². The van der Waals surface area contributed by atoms with Crippen molar-refractivity contribution in [2.45, 2.75) is 20.0 Å². The summed E-state index contributed by atoms with van der Waals surface area (Å²) in [6, 6.07) is 3.05. The van der Waals surface area contributed by atoms with Crippen LogP contribution < -0.4 is 0 Å². The van der Waals surface area contributed by atoms with Gasteiger partial charge in [-0.05, 0) is 12.1 Å². The van der Waals surface area contributed by atoms with Crippen LogP contribution in [-0.4, -0.2) is 85.0 Å². The van der Waals surface area contributed by atoms with Gasteiger partial charge in [-0.3, -0.25) is 19.2 Å². The number of hydrogen-bond donors (Lipinski definition) is 1. The number of ether oxygens (including phenoxy) is 5. The van der Waals surface area contributed by atoms with Crippen LogP contribution >= 0.6 is 0 Å². The highest BCUT2D eigenvalue weighted by atomic mass is 16.6. The van der Waals surface area contributed by atoms with Crippen LogP contribution in [0.2, 0.25) is 0 Å². The molecule has 0 atom stereocenters. The molecule has 0 aromatic heterocycles. The van der Waals surface area contributed by atoms with E-state index >= 15 is 0 Å². The zero-order valence-corrected chi connectivity index (χ0v) is 21.5. The molecule has 1 aromatic carbocycles. The lowest BCUT2D eigenvalue weighted by Crippen LogP contribution is -2.34. The predicted octanol–water partition coefficient (Wildman–Crippen LogP) is 0.863. The SMILES string of the molecule is C=CC(=O)OCC(COC(=O)C=C)C(=O)C(=O)c1cccc(C(=O)OC(COC(C)=O)COC(C)=O)c1C(=O)O. The molecule has 14 nitrogen and oxygen atoms in total. The van der Waals surface area contributed by atoms with Gasteiger partial charge >= 0.3 is 35.8 Å². The van der Waals surface area contributed by atoms with Crippen molar-refractivity contribution >= 4 is 47.4 Å². The Labute approximate surface area is 227 Å². The van der Waals surface area contributed by atoms with Crippen LogP contribution in [0.15, 0.2) is 43.5 Å². The fourth-order valence-electron chi connectivity index (χ4n) is 2.89. The fourth-order valence-corrected chi connectivity index (χ4v) is 2.89. The van der Waals surface area contributed by atoms with E-state index in [1.807, 2.05) is 0 Å². The topological polar surface area (TPSA) is 203 Å². The number of carboxylic acid groups (broad SMARTS) is 1. The van der Waals surface area contributed by atoms with Gasteiger partial charge in [-0.2, -0.15) is 0 Å². The first-order valence-electron chi connectivity index (χ1n) is 11.3. The summed E-state index contributed by atoms with van der Waals surface area (Å²) < 4.78 is 24.2. The van der Waals surface area contributed by atoms with Crippen molar-refractivity contribution in [3.8, 4) is 0 Å². The van der Waals surface area contributed by atoms with Crippen LogP contribution in [0.25, 0.3) is 0 Å². The lowest BCUT2D eigenvalue weighted by molar-refractivity contribution is -0.150. The van der Waals surface area contributed by atoms with Crippen LogP contribution in [0, 0.1) is 5.92 Å². The molecule has 40 heavy (non-hydrogen) atoms. The van der Waals surface area contributed by atoms with Crippen LogP contribution in [0.1, 0.15) is 44.9 Å². The summed E-state index contributed by atoms with van der Waals surface area (Å²) in [6.07, 6.45) is 0.228. The highest BCUT2D eigenvalue weighted by Crippen LogP contribution is 2.20. The monoisotopic (exact) mass is 562 g/mol. The third kappa shape index (κ3) is 10.3. The molecule has 214 valence electrons. The average Bonchev–Trinajstić information content (AvgIpc) is 2.92. The molecule has 0 aliphatic heterocycles. The van der Waals surface area contributed by atoms with Gasteiger partial charge < -0.3 is 28.8 Å². The van der Waals surface area contributed by atoms with Gasteiger partial charge in [-0.1, -0.05) is 19.2 Å². The smallest absolute Gasteiger partial charge is 0.339 e. The van der Waals surface area contributed by atoms with Gasteiger partial charge in [0.1, 0.15) is 26.4 Å². The standard InChI is InChI=1S/C26H26O14/c1-5-20(29)38-10-16(11-39-21(30)6-2)23(31)24(32)18-8-7-9-19(22(18)25(33)34)26(35)40-17(12-36-14(3)27)13-37-15(4)28/h5-9,16-17H,1-2,10-13H2,3-4H3,(H,33,34). The average molecular weight is 562 g/mol. The van der Waals surface area contributed by atoms with E-state index < -0.39 is 103 Å². The Kier molecular flexibility index (Phi) is 13.1. The molecular formula is C26H26O14. The van der Waals surface area contributed by atoms with Gasteiger partial charge in [-0.15, -0.1) is 0 Å². The first-order chi connectivity index (χ1) is 18.8. The molecule has 0 amide bonds. The quantitative estimate of drug-likeness (QED) is 0.0976. The fraction of sp³-hybridized carbons (Fsp3) is 0.308. The molecule has 1 aromatic rings. The van der Waals surface area contributed by atoms with Crippen molar-refractivity contribution in [3.63, 3.8) is 0 Å². The summed E-state index contributed by atoms with van der Waals surface area (Å²) in [5, 5.41) is 9.80. The van der Waals surface area contributed by atoms with E-state index in [1.165, 1.54) is 0 Å². The molecule has 0 saturated heterocycles. The van der Waals surface area contributed by atoms with E-state index in [2.05, 4.69) is 13.2 Å². The van der Waals surface area contributed by atoms with E-state index in [0.717, 1.165) is 44.2 Å². The zero-order chi connectivity index (χ0) is 30.4. The molecule has 1 N–H and O–H groups in total. The minimum absolute atomic E-state index is 0.539. The van der Waals surface area contributed by atoms with E-state index in [0.29, 0.717) is 0 Å². The number of esters is 5. The largest absolute Gasteiger partial charge is 0.478 e. The summed E-state index contributed by atoms with van der Waals surface area (Å²) in [7, 11) is 0. The van der Waals surface area contributed by atoms with E-state index in [4.69, 9.17) is 23.7 Å². The Morgan fingerprint density at radius 2 is 1.25 bits per heavy atom. The number of ketones is 2. The molecular weight excluding hydrogens is 536 g/mol. The predicted molar refractivity (Wildman–Crippen MR) is 131 cm³/mol. The Hall–Kier alpha value is -5.14. The van der Waals surface area contributed by atoms with E-state index in [1.54, 1.807) is 0 Å². The summed E-state index contributed by atoms with van der Waals surface area (Å²) in [5.74, 6) is -10.7. The maximum atomic E-state index is 13.1. The molecule has 0 heterocycles. The lowest BCUT2D eigenvalue weighted by Gasteiger charge is -2.19. The van der Waals surface area contributed by atoms with Crippen molar-refractivity contribution in [1.29, 1.82) is 0 Å². The number of benzene rings is 1. The van der Waals surface area contributed by atoms with Gasteiger partial charge in [0.25, 0.3) is 0 Å². The normalized spacial score (nSPS) is 10.2. The molecule has 0 spiro atoms. The number of aromatic carboxylic acids is 1. The number of Topliss-reactive ketones (excluding diaryl/α,β-unsaturated/α-hetero) is 2. The summed E-state index contributed by atoms with van der Waals surface area (Å²) in [6.45, 7) is 6.00. The van der Waals surface area contributed by atoms with E-state index in [-0.39, 0.29) is 0 Å². The highest BCUT2D eigenvalue weighted by molar-refractivity contribution is 6.45. The zero-order valence-electron chi connectivity index (χ0n) is 21.5. The van der Waals surface area contributed by atoms with Crippen LogP contribution in [0.5, 0.6) is 0 Å². The molecule has 1 rings (SSSR count). The minimum atomic E-state index is -1.78. The maximum Gasteiger partial charge on any atom is 0.339 e. The number of carbonyl (C=O) groups is 8. The molecule has 0 unspecified atom stereocenters. The lowest BCUT2D eigenvalue weighted by atomic mass is 9.92. The second-order valence-corrected chi connectivity index (χ2v) is 7.72. The molecule has 0 aliphatic rings. The summed E-state index contributed by atoms with van der Waals surface area (Å²) in [5.41, 5.74) is -2.29. The Balaban J connectivity index is 3.36. The van der Waals surface area contributed by atoms with Crippen molar-refractivity contribution in [2.24, 2.45) is 5.92 Å². The summed E-state index contributed by atoms with van der Waals surface area (Å²) in [4.78, 5) is 96.2. The molecule has 0 aliphatic carbocycles. The molecule has 0 bridgehead atoms. The van der Waals surface area contributed by atoms with Crippen LogP contribution in [0.4, 0.5) is 0 Å². The van der Waals surface area contributed by atoms with E-state index in [9.17, 15) is 43.5 Å². The third-order valence-electron chi connectivity index (χ3n) is 4.74. The highest BCUT2D eigenvalue weighted by Gasteiger charge is 2.34. The van der Waals surface area contributed by atoms with Gasteiger partial charge in [0.15, 0.2) is 6.10 Å². The number of carbonyl (C=O) groups excluding carboxylic acids is 7. The first kappa shape index (κ1) is 32.9. The third-order valence-corrected chi connectivity index (χ3v) is 4.74. The number of carboxylic acids is 1. The molecule has 0 radical (unpaired) electrons. The number of hydrogen-bond acceptors (Lipinski definition) is 13. The van der Waals surface area contributed by atoms with Crippen LogP contribution in [0.3, 0.4) is 0 Å².